The van der Waals surface area contributed by atoms with E-state index in [1.807, 2.05) is 42.5 Å². The Balaban J connectivity index is 2.18. The van der Waals surface area contributed by atoms with Crippen molar-refractivity contribution in [3.63, 3.8) is 0 Å². The molecule has 0 N–H and O–H groups in total. The third-order valence-electron chi connectivity index (χ3n) is 3.01. The number of carbonyl (C=O) groups is 1. The fourth-order valence-corrected chi connectivity index (χ4v) is 2.77. The van der Waals surface area contributed by atoms with E-state index >= 15 is 0 Å². The smallest absolute Gasteiger partial charge is 0.170 e. The zero-order valence-corrected chi connectivity index (χ0v) is 13.3. The van der Waals surface area contributed by atoms with Gasteiger partial charge in [-0.3, -0.25) is 4.79 Å². The van der Waals surface area contributed by atoms with E-state index in [2.05, 4.69) is 15.9 Å². The van der Waals surface area contributed by atoms with Crippen molar-refractivity contribution in [2.45, 2.75) is 12.5 Å². The van der Waals surface area contributed by atoms with Crippen LogP contribution in [0.4, 0.5) is 0 Å². The third-order valence-corrected chi connectivity index (χ3v) is 3.86. The van der Waals surface area contributed by atoms with Gasteiger partial charge in [0, 0.05) is 23.0 Å². The molecule has 0 aromatic heterocycles. The van der Waals surface area contributed by atoms with Crippen LogP contribution in [0.25, 0.3) is 0 Å². The van der Waals surface area contributed by atoms with Crippen LogP contribution in [0, 0.1) is 0 Å². The lowest BCUT2D eigenvalue weighted by Gasteiger charge is -2.15. The summed E-state index contributed by atoms with van der Waals surface area (Å²) in [5.74, 6) is -0.0112. The summed E-state index contributed by atoms with van der Waals surface area (Å²) in [6, 6.07) is 15.0. The van der Waals surface area contributed by atoms with Crippen molar-refractivity contribution in [2.24, 2.45) is 0 Å². The van der Waals surface area contributed by atoms with Gasteiger partial charge in [-0.15, -0.1) is 0 Å². The summed E-state index contributed by atoms with van der Waals surface area (Å²) >= 11 is 9.49. The summed E-state index contributed by atoms with van der Waals surface area (Å²) in [5, 5.41) is 0.579. The minimum Gasteiger partial charge on any atom is -0.369 e. The number of hydrogen-bond donors (Lipinski definition) is 0. The van der Waals surface area contributed by atoms with Gasteiger partial charge in [0.15, 0.2) is 5.78 Å². The summed E-state index contributed by atoms with van der Waals surface area (Å²) in [6.07, 6.45) is -0.310. The molecule has 0 aliphatic heterocycles. The number of ether oxygens (including phenoxy) is 1. The predicted octanol–water partition coefficient (Wildman–Crippen LogP) is 4.60. The van der Waals surface area contributed by atoms with E-state index in [1.54, 1.807) is 13.2 Å². The highest BCUT2D eigenvalue weighted by Crippen LogP contribution is 2.25. The highest BCUT2D eigenvalue weighted by Gasteiger charge is 2.20. The van der Waals surface area contributed by atoms with Crippen molar-refractivity contribution in [3.8, 4) is 0 Å². The first-order chi connectivity index (χ1) is 9.61. The summed E-state index contributed by atoms with van der Waals surface area (Å²) in [6.45, 7) is 0. The monoisotopic (exact) mass is 352 g/mol. The molecular formula is C16H14BrClO2. The number of rotatable bonds is 5. The first-order valence-corrected chi connectivity index (χ1v) is 7.33. The Hall–Kier alpha value is -1.16. The van der Waals surface area contributed by atoms with Crippen LogP contribution < -0.4 is 0 Å². The van der Waals surface area contributed by atoms with Crippen LogP contribution in [0.1, 0.15) is 17.2 Å². The Labute approximate surface area is 131 Å². The average molecular weight is 354 g/mol. The molecule has 0 radical (unpaired) electrons. The Bertz CT molecular complexity index is 599. The standard InChI is InChI=1S/C16H14BrClO2/c1-20-16(11-5-3-2-4-6-11)15(19)9-12-7-8-13(17)10-14(12)18/h2-8,10,16H,9H2,1H3. The number of benzene rings is 2. The Morgan fingerprint density at radius 2 is 1.95 bits per heavy atom. The van der Waals surface area contributed by atoms with E-state index in [9.17, 15) is 4.79 Å². The van der Waals surface area contributed by atoms with Gasteiger partial charge in [-0.05, 0) is 23.3 Å². The molecular weight excluding hydrogens is 340 g/mol. The molecule has 0 amide bonds. The normalized spacial score (nSPS) is 12.2. The molecule has 0 fully saturated rings. The van der Waals surface area contributed by atoms with E-state index < -0.39 is 6.10 Å². The van der Waals surface area contributed by atoms with E-state index in [0.29, 0.717) is 5.02 Å². The minimum atomic E-state index is -0.559. The lowest BCUT2D eigenvalue weighted by atomic mass is 10.00. The molecule has 0 aliphatic rings. The highest BCUT2D eigenvalue weighted by molar-refractivity contribution is 9.10. The fraction of sp³-hybridized carbons (Fsp3) is 0.188. The van der Waals surface area contributed by atoms with Crippen LogP contribution in [0.15, 0.2) is 53.0 Å². The maximum absolute atomic E-state index is 12.4. The SMILES string of the molecule is COC(C(=O)Cc1ccc(Br)cc1Cl)c1ccccc1. The Kier molecular flexibility index (Phi) is 5.35. The second-order valence-corrected chi connectivity index (χ2v) is 5.73. The van der Waals surface area contributed by atoms with Gasteiger partial charge >= 0.3 is 0 Å². The van der Waals surface area contributed by atoms with Gasteiger partial charge in [-0.2, -0.15) is 0 Å². The number of ketones is 1. The van der Waals surface area contributed by atoms with Gasteiger partial charge in [0.1, 0.15) is 6.10 Å². The molecule has 0 heterocycles. The first-order valence-electron chi connectivity index (χ1n) is 6.16. The van der Waals surface area contributed by atoms with Gasteiger partial charge in [0.25, 0.3) is 0 Å². The molecule has 0 spiro atoms. The van der Waals surface area contributed by atoms with Crippen molar-refractivity contribution in [1.82, 2.24) is 0 Å². The lowest BCUT2D eigenvalue weighted by molar-refractivity contribution is -0.128. The number of carbonyl (C=O) groups excluding carboxylic acids is 1. The van der Waals surface area contributed by atoms with Crippen LogP contribution in [0.5, 0.6) is 0 Å². The average Bonchev–Trinajstić information content (AvgIpc) is 2.44. The van der Waals surface area contributed by atoms with E-state index in [4.69, 9.17) is 16.3 Å². The van der Waals surface area contributed by atoms with Gasteiger partial charge in [0.2, 0.25) is 0 Å². The summed E-state index contributed by atoms with van der Waals surface area (Å²) < 4.78 is 6.23. The zero-order valence-electron chi connectivity index (χ0n) is 11.0. The molecule has 20 heavy (non-hydrogen) atoms. The van der Waals surface area contributed by atoms with E-state index in [0.717, 1.165) is 15.6 Å². The van der Waals surface area contributed by atoms with Crippen LogP contribution in [0.3, 0.4) is 0 Å². The predicted molar refractivity (Wildman–Crippen MR) is 84.1 cm³/mol. The van der Waals surface area contributed by atoms with Gasteiger partial charge in [0.05, 0.1) is 0 Å². The molecule has 0 aliphatic carbocycles. The maximum Gasteiger partial charge on any atom is 0.170 e. The number of methoxy groups -OCH3 is 1. The number of Topliss-reactive ketones (excluding diaryl/α,β-unsaturated/α-hetero) is 1. The van der Waals surface area contributed by atoms with Crippen molar-refractivity contribution >= 4 is 33.3 Å². The topological polar surface area (TPSA) is 26.3 Å². The summed E-state index contributed by atoms with van der Waals surface area (Å²) in [4.78, 5) is 12.4. The first kappa shape index (κ1) is 15.2. The molecule has 1 unspecified atom stereocenters. The van der Waals surface area contributed by atoms with Gasteiger partial charge in [-0.1, -0.05) is 63.9 Å². The van der Waals surface area contributed by atoms with Crippen molar-refractivity contribution in [2.75, 3.05) is 7.11 Å². The summed E-state index contributed by atoms with van der Waals surface area (Å²) in [5.41, 5.74) is 1.66. The second kappa shape index (κ2) is 7.02. The number of hydrogen-bond acceptors (Lipinski definition) is 2. The fourth-order valence-electron chi connectivity index (χ4n) is 2.03. The van der Waals surface area contributed by atoms with E-state index in [-0.39, 0.29) is 12.2 Å². The highest BCUT2D eigenvalue weighted by atomic mass is 79.9. The molecule has 0 saturated carbocycles. The molecule has 1 atom stereocenters. The quantitative estimate of drug-likeness (QED) is 0.785. The van der Waals surface area contributed by atoms with Crippen LogP contribution in [-0.4, -0.2) is 12.9 Å². The maximum atomic E-state index is 12.4. The van der Waals surface area contributed by atoms with Crippen LogP contribution >= 0.6 is 27.5 Å². The Morgan fingerprint density at radius 3 is 2.55 bits per heavy atom. The molecule has 0 bridgehead atoms. The van der Waals surface area contributed by atoms with Crippen molar-refractivity contribution in [3.05, 3.63) is 69.2 Å². The molecule has 2 rings (SSSR count). The van der Waals surface area contributed by atoms with Crippen molar-refractivity contribution in [1.29, 1.82) is 0 Å². The molecule has 2 aromatic rings. The molecule has 2 aromatic carbocycles. The number of halogens is 2. The minimum absolute atomic E-state index is 0.0112. The summed E-state index contributed by atoms with van der Waals surface area (Å²) in [7, 11) is 1.54. The van der Waals surface area contributed by atoms with Gasteiger partial charge < -0.3 is 4.74 Å². The molecule has 104 valence electrons. The van der Waals surface area contributed by atoms with Crippen molar-refractivity contribution < 1.29 is 9.53 Å². The van der Waals surface area contributed by atoms with E-state index in [1.165, 1.54) is 0 Å². The second-order valence-electron chi connectivity index (χ2n) is 4.41. The largest absolute Gasteiger partial charge is 0.369 e. The molecule has 4 heteroatoms. The van der Waals surface area contributed by atoms with Gasteiger partial charge in [-0.25, -0.2) is 0 Å². The zero-order chi connectivity index (χ0) is 14.5. The van der Waals surface area contributed by atoms with Crippen LogP contribution in [-0.2, 0) is 16.0 Å². The molecule has 0 saturated heterocycles. The lowest BCUT2D eigenvalue weighted by Crippen LogP contribution is -2.17. The molecule has 2 nitrogen and oxygen atoms in total. The Morgan fingerprint density at radius 1 is 1.25 bits per heavy atom. The van der Waals surface area contributed by atoms with Crippen LogP contribution in [0.2, 0.25) is 5.02 Å². The third kappa shape index (κ3) is 3.69.